The molecular formula is C29H50N6O10. The number of carbonyl (C=O) groups is 3. The fourth-order valence-electron chi connectivity index (χ4n) is 4.48. The molecule has 1 unspecified atom stereocenters. The first-order chi connectivity index (χ1) is 21.9. The molecule has 0 spiro atoms. The molecule has 1 atom stereocenters. The standard InChI is InChI=1S/C29H50N6O10/c1-24-20-33(21-24)29(38)30-3-5-39-7-9-41-11-13-43-15-17-45-18-16-44-14-12-42-10-8-40-6-4-34-22-26(31-32-34)23-35-27(36)19-25(2)28(35)37/h22,24-25H,3-21,23H2,1-2H3,(H,30,38). The third-order valence-electron chi connectivity index (χ3n) is 6.95. The van der Waals surface area contributed by atoms with E-state index in [0.717, 1.165) is 13.1 Å². The maximum Gasteiger partial charge on any atom is 0.317 e. The van der Waals surface area contributed by atoms with Gasteiger partial charge in [-0.25, -0.2) is 9.48 Å². The second kappa shape index (κ2) is 21.9. The Bertz CT molecular complexity index is 993. The summed E-state index contributed by atoms with van der Waals surface area (Å²) in [4.78, 5) is 38.7. The topological polar surface area (TPSA) is 165 Å². The Balaban J connectivity index is 0.972. The molecule has 2 fully saturated rings. The summed E-state index contributed by atoms with van der Waals surface area (Å²) in [7, 11) is 0. The van der Waals surface area contributed by atoms with E-state index >= 15 is 0 Å². The van der Waals surface area contributed by atoms with Gasteiger partial charge in [0.05, 0.1) is 112 Å². The van der Waals surface area contributed by atoms with E-state index in [9.17, 15) is 14.4 Å². The van der Waals surface area contributed by atoms with Gasteiger partial charge in [-0.2, -0.15) is 0 Å². The zero-order chi connectivity index (χ0) is 32.1. The lowest BCUT2D eigenvalue weighted by atomic mass is 10.0. The first kappa shape index (κ1) is 36.7. The summed E-state index contributed by atoms with van der Waals surface area (Å²) in [5.41, 5.74) is 0.570. The van der Waals surface area contributed by atoms with Gasteiger partial charge in [-0.3, -0.25) is 14.5 Å². The second-order valence-corrected chi connectivity index (χ2v) is 10.9. The number of urea groups is 1. The number of likely N-dealkylation sites (tertiary alicyclic amines) is 2. The average Bonchev–Trinajstić information content (AvgIpc) is 3.56. The highest BCUT2D eigenvalue weighted by Gasteiger charge is 2.35. The van der Waals surface area contributed by atoms with Crippen molar-refractivity contribution in [2.24, 2.45) is 11.8 Å². The van der Waals surface area contributed by atoms with E-state index in [-0.39, 0.29) is 36.7 Å². The predicted octanol–water partition coefficient (Wildman–Crippen LogP) is -0.0494. The molecule has 45 heavy (non-hydrogen) atoms. The molecule has 3 heterocycles. The maximum absolute atomic E-state index is 12.0. The van der Waals surface area contributed by atoms with E-state index in [1.165, 1.54) is 4.90 Å². The minimum atomic E-state index is -0.269. The molecule has 0 radical (unpaired) electrons. The molecule has 1 N–H and O–H groups in total. The molecule has 0 aromatic carbocycles. The summed E-state index contributed by atoms with van der Waals surface area (Å²) in [6.45, 7) is 13.2. The van der Waals surface area contributed by atoms with Crippen LogP contribution in [0.1, 0.15) is 26.0 Å². The van der Waals surface area contributed by atoms with Crippen LogP contribution in [-0.4, -0.2) is 155 Å². The lowest BCUT2D eigenvalue weighted by molar-refractivity contribution is -0.140. The summed E-state index contributed by atoms with van der Waals surface area (Å²) in [5.74, 6) is -0.00607. The van der Waals surface area contributed by atoms with Crippen molar-refractivity contribution in [3.63, 3.8) is 0 Å². The average molecular weight is 643 g/mol. The number of aromatic nitrogens is 3. The monoisotopic (exact) mass is 642 g/mol. The van der Waals surface area contributed by atoms with Crippen LogP contribution in [0.4, 0.5) is 4.79 Å². The normalized spacial score (nSPS) is 17.0. The van der Waals surface area contributed by atoms with Crippen molar-refractivity contribution >= 4 is 17.8 Å². The van der Waals surface area contributed by atoms with Crippen LogP contribution in [0.5, 0.6) is 0 Å². The number of hydrogen-bond donors (Lipinski definition) is 1. The Morgan fingerprint density at radius 1 is 0.778 bits per heavy atom. The summed E-state index contributed by atoms with van der Waals surface area (Å²) in [6.07, 6.45) is 1.97. The SMILES string of the molecule is CC1CN(C(=O)NCCOCCOCCOCCOCCOCCOCCOCCn2cc(CN3C(=O)CC(C)C3=O)nn2)C1. The fraction of sp³-hybridized carbons (Fsp3) is 0.828. The van der Waals surface area contributed by atoms with Crippen LogP contribution in [0.15, 0.2) is 6.20 Å². The third-order valence-corrected chi connectivity index (χ3v) is 6.95. The highest BCUT2D eigenvalue weighted by molar-refractivity contribution is 6.03. The van der Waals surface area contributed by atoms with Crippen LogP contribution in [-0.2, 0) is 55.8 Å². The van der Waals surface area contributed by atoms with Gasteiger partial charge < -0.3 is 43.4 Å². The van der Waals surface area contributed by atoms with Crippen molar-refractivity contribution in [3.05, 3.63) is 11.9 Å². The van der Waals surface area contributed by atoms with Gasteiger partial charge in [-0.05, 0) is 5.92 Å². The molecule has 2 aliphatic rings. The molecule has 2 aliphatic heterocycles. The highest BCUT2D eigenvalue weighted by atomic mass is 16.6. The van der Waals surface area contributed by atoms with E-state index in [1.807, 2.05) is 0 Å². The summed E-state index contributed by atoms with van der Waals surface area (Å²) >= 11 is 0. The maximum atomic E-state index is 12.0. The highest BCUT2D eigenvalue weighted by Crippen LogP contribution is 2.20. The van der Waals surface area contributed by atoms with E-state index < -0.39 is 0 Å². The van der Waals surface area contributed by atoms with Crippen LogP contribution < -0.4 is 5.32 Å². The third kappa shape index (κ3) is 14.9. The molecule has 1 aromatic rings. The Morgan fingerprint density at radius 3 is 1.73 bits per heavy atom. The smallest absolute Gasteiger partial charge is 0.317 e. The van der Waals surface area contributed by atoms with Crippen molar-refractivity contribution < 1.29 is 47.5 Å². The number of ether oxygens (including phenoxy) is 7. The number of carbonyl (C=O) groups excluding carboxylic acids is 3. The Hall–Kier alpha value is -2.73. The van der Waals surface area contributed by atoms with Crippen LogP contribution in [0, 0.1) is 11.8 Å². The molecule has 4 amide bonds. The fourth-order valence-corrected chi connectivity index (χ4v) is 4.48. The number of nitrogens with one attached hydrogen (secondary N) is 1. The van der Waals surface area contributed by atoms with Crippen molar-refractivity contribution in [1.29, 1.82) is 0 Å². The molecule has 16 nitrogen and oxygen atoms in total. The van der Waals surface area contributed by atoms with Crippen LogP contribution in [0.2, 0.25) is 0 Å². The number of hydrogen-bond acceptors (Lipinski definition) is 12. The molecule has 0 saturated carbocycles. The van der Waals surface area contributed by atoms with Crippen molar-refractivity contribution in [3.8, 4) is 0 Å². The lowest BCUT2D eigenvalue weighted by Crippen LogP contribution is -2.53. The van der Waals surface area contributed by atoms with Gasteiger partial charge in [0.15, 0.2) is 0 Å². The summed E-state index contributed by atoms with van der Waals surface area (Å²) < 4.78 is 40.0. The van der Waals surface area contributed by atoms with Crippen molar-refractivity contribution in [1.82, 2.24) is 30.1 Å². The number of rotatable bonds is 26. The lowest BCUT2D eigenvalue weighted by Gasteiger charge is -2.36. The number of nitrogens with zero attached hydrogens (tertiary/aromatic N) is 5. The van der Waals surface area contributed by atoms with Gasteiger partial charge in [-0.15, -0.1) is 5.10 Å². The van der Waals surface area contributed by atoms with Crippen LogP contribution in [0.25, 0.3) is 0 Å². The van der Waals surface area contributed by atoms with Crippen molar-refractivity contribution in [2.75, 3.05) is 112 Å². The van der Waals surface area contributed by atoms with Crippen LogP contribution in [0.3, 0.4) is 0 Å². The van der Waals surface area contributed by atoms with Gasteiger partial charge in [0, 0.05) is 32.0 Å². The number of amides is 4. The molecular weight excluding hydrogens is 592 g/mol. The first-order valence-electron chi connectivity index (χ1n) is 15.7. The minimum Gasteiger partial charge on any atom is -0.377 e. The number of imide groups is 1. The summed E-state index contributed by atoms with van der Waals surface area (Å²) in [5, 5.41) is 10.9. The first-order valence-corrected chi connectivity index (χ1v) is 15.7. The van der Waals surface area contributed by atoms with E-state index in [2.05, 4.69) is 22.6 Å². The molecule has 3 rings (SSSR count). The minimum absolute atomic E-state index is 0.0231. The molecule has 2 saturated heterocycles. The zero-order valence-corrected chi connectivity index (χ0v) is 26.7. The van der Waals surface area contributed by atoms with E-state index in [0.29, 0.717) is 117 Å². The predicted molar refractivity (Wildman–Crippen MR) is 159 cm³/mol. The van der Waals surface area contributed by atoms with Gasteiger partial charge in [0.1, 0.15) is 5.69 Å². The molecule has 256 valence electrons. The molecule has 0 bridgehead atoms. The van der Waals surface area contributed by atoms with Crippen LogP contribution >= 0.6 is 0 Å². The van der Waals surface area contributed by atoms with E-state index in [4.69, 9.17) is 33.2 Å². The summed E-state index contributed by atoms with van der Waals surface area (Å²) in [6, 6.07) is -0.0231. The van der Waals surface area contributed by atoms with Gasteiger partial charge >= 0.3 is 6.03 Å². The second-order valence-electron chi connectivity index (χ2n) is 10.9. The van der Waals surface area contributed by atoms with Gasteiger partial charge in [-0.1, -0.05) is 19.1 Å². The Kier molecular flexibility index (Phi) is 17.9. The zero-order valence-electron chi connectivity index (χ0n) is 26.7. The largest absolute Gasteiger partial charge is 0.377 e. The molecule has 0 aliphatic carbocycles. The quantitative estimate of drug-likeness (QED) is 0.106. The molecule has 1 aromatic heterocycles. The van der Waals surface area contributed by atoms with Gasteiger partial charge in [0.2, 0.25) is 11.8 Å². The molecule has 16 heteroatoms. The van der Waals surface area contributed by atoms with Crippen molar-refractivity contribution in [2.45, 2.75) is 33.4 Å². The Labute approximate surface area is 264 Å². The van der Waals surface area contributed by atoms with E-state index in [1.54, 1.807) is 22.7 Å². The Morgan fingerprint density at radius 2 is 1.27 bits per heavy atom. The van der Waals surface area contributed by atoms with Gasteiger partial charge in [0.25, 0.3) is 0 Å².